The van der Waals surface area contributed by atoms with Gasteiger partial charge in [-0.2, -0.15) is 4.98 Å². The number of carbonyl (C=O) groups is 2. The number of rotatable bonds is 5. The summed E-state index contributed by atoms with van der Waals surface area (Å²) >= 11 is 1.26. The van der Waals surface area contributed by atoms with E-state index in [1.807, 2.05) is 0 Å². The zero-order chi connectivity index (χ0) is 18.7. The molecule has 4 N–H and O–H groups in total. The number of thiophene rings is 1. The Morgan fingerprint density at radius 2 is 1.81 bits per heavy atom. The molecule has 9 nitrogen and oxygen atoms in total. The van der Waals surface area contributed by atoms with Crippen molar-refractivity contribution in [1.29, 1.82) is 0 Å². The van der Waals surface area contributed by atoms with E-state index in [2.05, 4.69) is 15.6 Å². The number of benzene rings is 1. The number of hydrogen-bond donors (Lipinski definition) is 3. The Morgan fingerprint density at radius 1 is 1.08 bits per heavy atom. The fourth-order valence-electron chi connectivity index (χ4n) is 1.92. The molecule has 0 atom stereocenters. The van der Waals surface area contributed by atoms with Crippen LogP contribution >= 0.6 is 11.3 Å². The molecule has 3 aromatic rings. The summed E-state index contributed by atoms with van der Waals surface area (Å²) in [6.45, 7) is 0. The maximum atomic E-state index is 12.1. The highest BCUT2D eigenvalue weighted by molar-refractivity contribution is 7.89. The van der Waals surface area contributed by atoms with E-state index in [0.717, 1.165) is 6.26 Å². The molecule has 26 heavy (non-hydrogen) atoms. The van der Waals surface area contributed by atoms with Crippen molar-refractivity contribution in [2.75, 3.05) is 10.6 Å². The summed E-state index contributed by atoms with van der Waals surface area (Å²) in [5, 5.41) is 11.7. The number of oxazole rings is 1. The Hall–Kier alpha value is -3.02. The number of hydrogen-bond acceptors (Lipinski definition) is 7. The minimum absolute atomic E-state index is 0.0537. The Balaban J connectivity index is 1.65. The summed E-state index contributed by atoms with van der Waals surface area (Å²) in [4.78, 5) is 28.3. The van der Waals surface area contributed by atoms with Crippen molar-refractivity contribution in [1.82, 2.24) is 4.98 Å². The maximum absolute atomic E-state index is 12.1. The SMILES string of the molecule is NS(=O)(=O)c1ccc(NC(=O)c2coc(NC(=O)c3cccs3)n2)cc1. The Bertz CT molecular complexity index is 1040. The summed E-state index contributed by atoms with van der Waals surface area (Å²) in [7, 11) is -3.81. The van der Waals surface area contributed by atoms with Gasteiger partial charge in [-0.25, -0.2) is 13.6 Å². The molecule has 0 unspecified atom stereocenters. The highest BCUT2D eigenvalue weighted by atomic mass is 32.2. The highest BCUT2D eigenvalue weighted by Crippen LogP contribution is 2.16. The zero-order valence-corrected chi connectivity index (χ0v) is 14.6. The molecular formula is C15H12N4O5S2. The summed E-state index contributed by atoms with van der Waals surface area (Å²) in [5.74, 6) is -0.985. The molecule has 2 amide bonds. The van der Waals surface area contributed by atoms with Crippen LogP contribution in [0.5, 0.6) is 0 Å². The average Bonchev–Trinajstić information content (AvgIpc) is 3.26. The largest absolute Gasteiger partial charge is 0.431 e. The van der Waals surface area contributed by atoms with Gasteiger partial charge in [0, 0.05) is 5.69 Å². The van der Waals surface area contributed by atoms with Crippen LogP contribution in [0.3, 0.4) is 0 Å². The molecule has 3 rings (SSSR count). The first-order chi connectivity index (χ1) is 12.3. The van der Waals surface area contributed by atoms with Gasteiger partial charge < -0.3 is 9.73 Å². The van der Waals surface area contributed by atoms with Crippen molar-refractivity contribution in [2.45, 2.75) is 4.90 Å². The van der Waals surface area contributed by atoms with Gasteiger partial charge in [0.25, 0.3) is 11.8 Å². The molecule has 0 saturated carbocycles. The third-order valence-corrected chi connectivity index (χ3v) is 4.94. The van der Waals surface area contributed by atoms with Gasteiger partial charge >= 0.3 is 6.01 Å². The standard InChI is InChI=1S/C15H12N4O5S2/c16-26(22,23)10-5-3-9(4-6-10)17-13(20)11-8-24-15(18-11)19-14(21)12-2-1-7-25-12/h1-8H,(H,17,20)(H2,16,22,23)(H,18,19,21). The minimum Gasteiger partial charge on any atom is -0.431 e. The molecule has 0 bridgehead atoms. The van der Waals surface area contributed by atoms with Crippen molar-refractivity contribution in [3.63, 3.8) is 0 Å². The monoisotopic (exact) mass is 392 g/mol. The molecule has 2 aromatic heterocycles. The van der Waals surface area contributed by atoms with Gasteiger partial charge in [0.15, 0.2) is 5.69 Å². The molecule has 11 heteroatoms. The molecule has 0 aliphatic carbocycles. The van der Waals surface area contributed by atoms with Gasteiger partial charge in [-0.1, -0.05) is 6.07 Å². The first-order valence-corrected chi connectivity index (χ1v) is 9.50. The summed E-state index contributed by atoms with van der Waals surface area (Å²) in [5.41, 5.74) is 0.288. The number of amides is 2. The lowest BCUT2D eigenvalue weighted by Gasteiger charge is -2.03. The number of aromatic nitrogens is 1. The van der Waals surface area contributed by atoms with Gasteiger partial charge in [-0.15, -0.1) is 11.3 Å². The molecule has 0 fully saturated rings. The highest BCUT2D eigenvalue weighted by Gasteiger charge is 2.16. The van der Waals surface area contributed by atoms with Gasteiger partial charge in [0.1, 0.15) is 6.26 Å². The molecule has 1 aromatic carbocycles. The number of sulfonamides is 1. The second-order valence-corrected chi connectivity index (χ2v) is 7.50. The molecule has 2 heterocycles. The van der Waals surface area contributed by atoms with Crippen molar-refractivity contribution in [3.8, 4) is 0 Å². The molecule has 0 aliphatic heterocycles. The van der Waals surface area contributed by atoms with Gasteiger partial charge in [-0.3, -0.25) is 14.9 Å². The van der Waals surface area contributed by atoms with Crippen molar-refractivity contribution in [2.24, 2.45) is 5.14 Å². The molecule has 0 saturated heterocycles. The van der Waals surface area contributed by atoms with E-state index in [4.69, 9.17) is 9.56 Å². The van der Waals surface area contributed by atoms with Crippen LogP contribution in [0.15, 0.2) is 57.4 Å². The van der Waals surface area contributed by atoms with E-state index in [1.165, 1.54) is 35.6 Å². The zero-order valence-electron chi connectivity index (χ0n) is 13.0. The number of nitrogens with two attached hydrogens (primary N) is 1. The Kier molecular flexibility index (Phi) is 4.84. The van der Waals surface area contributed by atoms with Crippen LogP contribution in [-0.4, -0.2) is 25.2 Å². The second-order valence-electron chi connectivity index (χ2n) is 4.99. The summed E-state index contributed by atoms with van der Waals surface area (Å²) in [6, 6.07) is 8.56. The lowest BCUT2D eigenvalue weighted by molar-refractivity contribution is 0.101. The quantitative estimate of drug-likeness (QED) is 0.605. The number of anilines is 2. The predicted molar refractivity (Wildman–Crippen MR) is 94.5 cm³/mol. The number of carbonyl (C=O) groups excluding carboxylic acids is 2. The van der Waals surface area contributed by atoms with Gasteiger partial charge in [0.05, 0.1) is 9.77 Å². The van der Waals surface area contributed by atoms with Gasteiger partial charge in [0.2, 0.25) is 10.0 Å². The third-order valence-electron chi connectivity index (χ3n) is 3.14. The molecule has 0 aliphatic rings. The Labute approximate surface area is 151 Å². The second kappa shape index (κ2) is 7.07. The number of primary sulfonamides is 1. The van der Waals surface area contributed by atoms with Crippen LogP contribution in [0.4, 0.5) is 11.7 Å². The van der Waals surface area contributed by atoms with E-state index in [0.29, 0.717) is 10.6 Å². The Morgan fingerprint density at radius 3 is 2.42 bits per heavy atom. The summed E-state index contributed by atoms with van der Waals surface area (Å²) < 4.78 is 27.5. The number of nitrogens with one attached hydrogen (secondary N) is 2. The topological polar surface area (TPSA) is 144 Å². The van der Waals surface area contributed by atoms with E-state index < -0.39 is 21.8 Å². The van der Waals surface area contributed by atoms with Crippen LogP contribution < -0.4 is 15.8 Å². The van der Waals surface area contributed by atoms with Crippen molar-refractivity contribution >= 4 is 44.9 Å². The van der Waals surface area contributed by atoms with Gasteiger partial charge in [-0.05, 0) is 35.7 Å². The van der Waals surface area contributed by atoms with E-state index >= 15 is 0 Å². The fourth-order valence-corrected chi connectivity index (χ4v) is 3.06. The molecular weight excluding hydrogens is 380 g/mol. The summed E-state index contributed by atoms with van der Waals surface area (Å²) in [6.07, 6.45) is 1.10. The van der Waals surface area contributed by atoms with Crippen LogP contribution in [0.25, 0.3) is 0 Å². The van der Waals surface area contributed by atoms with Crippen LogP contribution in [-0.2, 0) is 10.0 Å². The van der Waals surface area contributed by atoms with E-state index in [9.17, 15) is 18.0 Å². The van der Waals surface area contributed by atoms with E-state index in [-0.39, 0.29) is 16.6 Å². The van der Waals surface area contributed by atoms with Crippen LogP contribution in [0.2, 0.25) is 0 Å². The first-order valence-electron chi connectivity index (χ1n) is 7.07. The van der Waals surface area contributed by atoms with Crippen molar-refractivity contribution < 1.29 is 22.4 Å². The lowest BCUT2D eigenvalue weighted by Crippen LogP contribution is -2.14. The van der Waals surface area contributed by atoms with Crippen LogP contribution in [0.1, 0.15) is 20.2 Å². The molecule has 0 spiro atoms. The third kappa shape index (κ3) is 4.14. The first kappa shape index (κ1) is 17.8. The lowest BCUT2D eigenvalue weighted by atomic mass is 10.3. The van der Waals surface area contributed by atoms with E-state index in [1.54, 1.807) is 17.5 Å². The fraction of sp³-hybridized carbons (Fsp3) is 0. The molecule has 0 radical (unpaired) electrons. The maximum Gasteiger partial charge on any atom is 0.302 e. The average molecular weight is 392 g/mol. The van der Waals surface area contributed by atoms with Crippen LogP contribution in [0, 0.1) is 0 Å². The number of nitrogens with zero attached hydrogens (tertiary/aromatic N) is 1. The molecule has 134 valence electrons. The van der Waals surface area contributed by atoms with Crippen molar-refractivity contribution in [3.05, 3.63) is 58.6 Å². The normalized spacial score (nSPS) is 11.1. The minimum atomic E-state index is -3.81. The predicted octanol–water partition coefficient (Wildman–Crippen LogP) is 1.89. The smallest absolute Gasteiger partial charge is 0.302 e.